The molecule has 10 rings (SSSR count). The summed E-state index contributed by atoms with van der Waals surface area (Å²) in [7, 11) is 0. The molecular weight excluding hydrogens is 617 g/mol. The minimum absolute atomic E-state index is 0.639. The highest BCUT2D eigenvalue weighted by Crippen LogP contribution is 2.41. The third kappa shape index (κ3) is 4.66. The molecule has 49 heavy (non-hydrogen) atoms. The molecule has 3 heterocycles. The van der Waals surface area contributed by atoms with Gasteiger partial charge in [-0.25, -0.2) is 15.0 Å². The monoisotopic (exact) mass is 642 g/mol. The first-order valence-corrected chi connectivity index (χ1v) is 17.1. The van der Waals surface area contributed by atoms with Gasteiger partial charge >= 0.3 is 0 Å². The maximum Gasteiger partial charge on any atom is 0.164 e. The fraction of sp³-hybridized carbons (Fsp3) is 0. The van der Waals surface area contributed by atoms with E-state index in [1.165, 1.54) is 31.1 Å². The predicted octanol–water partition coefficient (Wildman–Crippen LogP) is 11.8. The highest BCUT2D eigenvalue weighted by molar-refractivity contribution is 7.26. The van der Waals surface area contributed by atoms with Crippen molar-refractivity contribution >= 4 is 64.0 Å². The molecule has 0 aliphatic rings. The third-order valence-electron chi connectivity index (χ3n) is 9.36. The third-order valence-corrected chi connectivity index (χ3v) is 10.5. The zero-order valence-electron chi connectivity index (χ0n) is 26.2. The van der Waals surface area contributed by atoms with Gasteiger partial charge in [0.25, 0.3) is 0 Å². The molecule has 0 aliphatic carbocycles. The van der Waals surface area contributed by atoms with Crippen LogP contribution >= 0.6 is 11.3 Å². The van der Waals surface area contributed by atoms with Crippen molar-refractivity contribution in [3.05, 3.63) is 158 Å². The topological polar surface area (TPSA) is 51.6 Å². The van der Waals surface area contributed by atoms with Crippen LogP contribution in [0, 0.1) is 0 Å². The zero-order valence-corrected chi connectivity index (χ0v) is 27.0. The average molecular weight is 643 g/mol. The number of pyridine rings is 1. The Kier molecular flexibility index (Phi) is 6.32. The summed E-state index contributed by atoms with van der Waals surface area (Å²) in [6.07, 6.45) is 1.87. The minimum Gasteiger partial charge on any atom is -0.255 e. The Balaban J connectivity index is 1.18. The van der Waals surface area contributed by atoms with E-state index in [1.807, 2.05) is 12.3 Å². The van der Waals surface area contributed by atoms with E-state index in [-0.39, 0.29) is 0 Å². The number of fused-ring (bicyclic) bond motifs is 7. The van der Waals surface area contributed by atoms with Crippen LogP contribution in [0.1, 0.15) is 0 Å². The van der Waals surface area contributed by atoms with Gasteiger partial charge in [0.15, 0.2) is 17.5 Å². The molecule has 7 aromatic carbocycles. The Bertz CT molecular complexity index is 2890. The Morgan fingerprint density at radius 3 is 1.94 bits per heavy atom. The molecule has 5 heteroatoms. The summed E-state index contributed by atoms with van der Waals surface area (Å²) >= 11 is 1.77. The van der Waals surface area contributed by atoms with Crippen molar-refractivity contribution in [3.8, 4) is 45.3 Å². The number of hydrogen-bond donors (Lipinski definition) is 0. The Hall–Kier alpha value is -6.30. The van der Waals surface area contributed by atoms with Crippen molar-refractivity contribution in [3.63, 3.8) is 0 Å². The highest BCUT2D eigenvalue weighted by atomic mass is 32.1. The van der Waals surface area contributed by atoms with Gasteiger partial charge in [-0.1, -0.05) is 133 Å². The molecule has 228 valence electrons. The zero-order chi connectivity index (χ0) is 32.3. The number of aromatic nitrogens is 4. The van der Waals surface area contributed by atoms with Crippen molar-refractivity contribution in [1.82, 2.24) is 19.9 Å². The molecule has 10 aromatic rings. The molecule has 0 N–H and O–H groups in total. The Morgan fingerprint density at radius 1 is 0.408 bits per heavy atom. The van der Waals surface area contributed by atoms with Crippen LogP contribution in [0.25, 0.3) is 97.9 Å². The van der Waals surface area contributed by atoms with E-state index >= 15 is 0 Å². The molecule has 0 aliphatic heterocycles. The van der Waals surface area contributed by atoms with Crippen LogP contribution in [0.4, 0.5) is 0 Å². The first-order chi connectivity index (χ1) is 24.3. The molecule has 0 atom stereocenters. The van der Waals surface area contributed by atoms with E-state index in [2.05, 4.69) is 146 Å². The highest BCUT2D eigenvalue weighted by Gasteiger charge is 2.18. The van der Waals surface area contributed by atoms with Gasteiger partial charge in [-0.05, 0) is 56.3 Å². The summed E-state index contributed by atoms with van der Waals surface area (Å²) in [6, 6.07) is 53.2. The lowest BCUT2D eigenvalue weighted by Gasteiger charge is -2.12. The predicted molar refractivity (Wildman–Crippen MR) is 205 cm³/mol. The van der Waals surface area contributed by atoms with Crippen LogP contribution < -0.4 is 0 Å². The van der Waals surface area contributed by atoms with Gasteiger partial charge in [-0.15, -0.1) is 11.3 Å². The van der Waals surface area contributed by atoms with Gasteiger partial charge in [0.05, 0.1) is 10.2 Å². The lowest BCUT2D eigenvalue weighted by Crippen LogP contribution is -2.00. The SMILES string of the molecule is c1ccc2cc(-c3nc(-c4ccc(-c5cccc6ccccc56)cc4)nc(-c4cccc5ccc6c7ncccc7sc6c45)n3)ccc2c1. The van der Waals surface area contributed by atoms with Crippen molar-refractivity contribution in [2.45, 2.75) is 0 Å². The van der Waals surface area contributed by atoms with Crippen molar-refractivity contribution < 1.29 is 0 Å². The summed E-state index contributed by atoms with van der Waals surface area (Å²) in [4.78, 5) is 20.2. The second-order valence-electron chi connectivity index (χ2n) is 12.3. The van der Waals surface area contributed by atoms with E-state index in [0.717, 1.165) is 49.3 Å². The van der Waals surface area contributed by atoms with Crippen LogP contribution in [-0.4, -0.2) is 19.9 Å². The molecule has 0 radical (unpaired) electrons. The number of benzene rings is 7. The molecule has 0 fully saturated rings. The average Bonchev–Trinajstić information content (AvgIpc) is 3.56. The molecule has 0 amide bonds. The van der Waals surface area contributed by atoms with Gasteiger partial charge in [0.1, 0.15) is 0 Å². The number of nitrogens with zero attached hydrogens (tertiary/aromatic N) is 4. The molecule has 0 bridgehead atoms. The van der Waals surface area contributed by atoms with Crippen molar-refractivity contribution in [2.24, 2.45) is 0 Å². The number of thiophene rings is 1. The lowest BCUT2D eigenvalue weighted by atomic mass is 9.97. The van der Waals surface area contributed by atoms with E-state index in [1.54, 1.807) is 11.3 Å². The van der Waals surface area contributed by atoms with E-state index in [0.29, 0.717) is 17.5 Å². The van der Waals surface area contributed by atoms with Crippen molar-refractivity contribution in [1.29, 1.82) is 0 Å². The van der Waals surface area contributed by atoms with Gasteiger partial charge in [0.2, 0.25) is 0 Å². The quantitative estimate of drug-likeness (QED) is 0.192. The molecule has 0 saturated carbocycles. The molecule has 0 unspecified atom stereocenters. The molecule has 0 spiro atoms. The Morgan fingerprint density at radius 2 is 1.06 bits per heavy atom. The second kappa shape index (κ2) is 11.2. The maximum atomic E-state index is 5.19. The van der Waals surface area contributed by atoms with E-state index < -0.39 is 0 Å². The van der Waals surface area contributed by atoms with Gasteiger partial charge in [0, 0.05) is 38.4 Å². The largest absolute Gasteiger partial charge is 0.255 e. The molecular formula is C44H26N4S. The molecule has 4 nitrogen and oxygen atoms in total. The molecule has 0 saturated heterocycles. The maximum absolute atomic E-state index is 5.19. The fourth-order valence-corrected chi connectivity index (χ4v) is 8.20. The van der Waals surface area contributed by atoms with Gasteiger partial charge in [-0.2, -0.15) is 0 Å². The summed E-state index contributed by atoms with van der Waals surface area (Å²) in [5.41, 5.74) is 6.25. The van der Waals surface area contributed by atoms with E-state index in [4.69, 9.17) is 19.9 Å². The van der Waals surface area contributed by atoms with Crippen molar-refractivity contribution in [2.75, 3.05) is 0 Å². The minimum atomic E-state index is 0.639. The van der Waals surface area contributed by atoms with E-state index in [9.17, 15) is 0 Å². The van der Waals surface area contributed by atoms with Crippen LogP contribution in [0.15, 0.2) is 158 Å². The normalized spacial score (nSPS) is 11.7. The van der Waals surface area contributed by atoms with Crippen LogP contribution in [0.2, 0.25) is 0 Å². The fourth-order valence-electron chi connectivity index (χ4n) is 6.97. The van der Waals surface area contributed by atoms with Crippen LogP contribution in [0.5, 0.6) is 0 Å². The number of hydrogen-bond acceptors (Lipinski definition) is 5. The second-order valence-corrected chi connectivity index (χ2v) is 13.3. The standard InChI is InChI=1S/C44H26N4S/c1-2-10-32-26-33(22-17-27(32)8-1)43-46-42(31-20-18-29(19-21-31)35-14-5-11-28-9-3-4-13-34(28)35)47-44(48-43)36-15-6-12-30-23-24-37-40-38(16-7-25-45-40)49-41(37)39(30)36/h1-26H. The molecule has 3 aromatic heterocycles. The first-order valence-electron chi connectivity index (χ1n) is 16.3. The summed E-state index contributed by atoms with van der Waals surface area (Å²) in [5.74, 6) is 1.93. The first kappa shape index (κ1) is 27.8. The van der Waals surface area contributed by atoms with Crippen LogP contribution in [-0.2, 0) is 0 Å². The smallest absolute Gasteiger partial charge is 0.164 e. The Labute approximate surface area is 286 Å². The summed E-state index contributed by atoms with van der Waals surface area (Å²) in [6.45, 7) is 0. The summed E-state index contributed by atoms with van der Waals surface area (Å²) in [5, 5.41) is 8.21. The van der Waals surface area contributed by atoms with Gasteiger partial charge in [-0.3, -0.25) is 4.98 Å². The lowest BCUT2D eigenvalue weighted by molar-refractivity contribution is 1.08. The van der Waals surface area contributed by atoms with Crippen LogP contribution in [0.3, 0.4) is 0 Å². The number of rotatable bonds is 4. The summed E-state index contributed by atoms with van der Waals surface area (Å²) < 4.78 is 2.36. The van der Waals surface area contributed by atoms with Gasteiger partial charge < -0.3 is 0 Å².